The third kappa shape index (κ3) is 3.09. The minimum atomic E-state index is -0.177. The first kappa shape index (κ1) is 17.7. The van der Waals surface area contributed by atoms with Crippen LogP contribution in [-0.2, 0) is 7.05 Å². The maximum absolute atomic E-state index is 12.8. The van der Waals surface area contributed by atoms with E-state index >= 15 is 0 Å². The average molecular weight is 375 g/mol. The Hall–Kier alpha value is -3.68. The molecule has 0 radical (unpaired) electrons. The quantitative estimate of drug-likeness (QED) is 0.560. The number of amides is 1. The highest BCUT2D eigenvalue weighted by atomic mass is 16.2. The number of nitrogens with one attached hydrogen (secondary N) is 2. The predicted molar refractivity (Wildman–Crippen MR) is 107 cm³/mol. The molecule has 28 heavy (non-hydrogen) atoms. The normalized spacial score (nSPS) is 12.1. The first-order valence-electron chi connectivity index (χ1n) is 8.98. The molecule has 4 aromatic rings. The molecular weight excluding hydrogens is 354 g/mol. The Balaban J connectivity index is 1.63. The van der Waals surface area contributed by atoms with E-state index in [1.165, 1.54) is 0 Å². The number of aryl methyl sites for hydroxylation is 1. The van der Waals surface area contributed by atoms with Gasteiger partial charge in [0.05, 0.1) is 17.9 Å². The minimum Gasteiger partial charge on any atom is -0.370 e. The molecule has 1 aromatic carbocycles. The second-order valence-electron chi connectivity index (χ2n) is 6.51. The first-order chi connectivity index (χ1) is 13.6. The molecule has 3 aromatic heterocycles. The van der Waals surface area contributed by atoms with Crippen LogP contribution in [0.5, 0.6) is 0 Å². The summed E-state index contributed by atoms with van der Waals surface area (Å²) in [4.78, 5) is 21.5. The van der Waals surface area contributed by atoms with Crippen molar-refractivity contribution in [3.8, 4) is 11.4 Å². The van der Waals surface area contributed by atoms with Gasteiger partial charge in [-0.15, -0.1) is 0 Å². The van der Waals surface area contributed by atoms with Gasteiger partial charge >= 0.3 is 0 Å². The zero-order chi connectivity index (χ0) is 19.7. The molecular formula is C20H21N7O. The van der Waals surface area contributed by atoms with Crippen LogP contribution in [0.1, 0.15) is 29.0 Å². The lowest BCUT2D eigenvalue weighted by atomic mass is 10.1. The molecule has 0 bridgehead atoms. The first-order valence-corrected chi connectivity index (χ1v) is 8.98. The van der Waals surface area contributed by atoms with Crippen molar-refractivity contribution in [2.75, 3.05) is 12.4 Å². The van der Waals surface area contributed by atoms with Crippen molar-refractivity contribution in [1.29, 1.82) is 0 Å². The Morgan fingerprint density at radius 3 is 2.71 bits per heavy atom. The van der Waals surface area contributed by atoms with Crippen LogP contribution in [0.15, 0.2) is 55.0 Å². The van der Waals surface area contributed by atoms with Crippen molar-refractivity contribution < 1.29 is 4.79 Å². The summed E-state index contributed by atoms with van der Waals surface area (Å²) in [6.45, 7) is 1.96. The zero-order valence-electron chi connectivity index (χ0n) is 15.9. The van der Waals surface area contributed by atoms with Crippen LogP contribution >= 0.6 is 0 Å². The smallest absolute Gasteiger partial charge is 0.270 e. The van der Waals surface area contributed by atoms with Crippen molar-refractivity contribution in [3.05, 3.63) is 66.2 Å². The van der Waals surface area contributed by atoms with E-state index in [2.05, 4.69) is 25.7 Å². The second kappa shape index (κ2) is 7.15. The van der Waals surface area contributed by atoms with Crippen LogP contribution in [0.25, 0.3) is 17.0 Å². The molecule has 0 aliphatic carbocycles. The van der Waals surface area contributed by atoms with E-state index in [1.54, 1.807) is 37.2 Å². The van der Waals surface area contributed by atoms with Gasteiger partial charge in [-0.3, -0.25) is 13.9 Å². The average Bonchev–Trinajstić information content (AvgIpc) is 3.31. The van der Waals surface area contributed by atoms with Gasteiger partial charge < -0.3 is 10.6 Å². The summed E-state index contributed by atoms with van der Waals surface area (Å²) in [6, 6.07) is 11.5. The molecule has 0 aliphatic heterocycles. The molecule has 4 rings (SSSR count). The Bertz CT molecular complexity index is 1130. The SMILES string of the molecule is CNc1nccn2c(-c3cc(C(=O)NC(C)c4ccccc4)n(C)n3)cnc12. The largest absolute Gasteiger partial charge is 0.370 e. The van der Waals surface area contributed by atoms with Crippen LogP contribution in [0.3, 0.4) is 0 Å². The van der Waals surface area contributed by atoms with Crippen molar-refractivity contribution in [2.24, 2.45) is 7.05 Å². The van der Waals surface area contributed by atoms with E-state index in [9.17, 15) is 4.79 Å². The monoisotopic (exact) mass is 375 g/mol. The van der Waals surface area contributed by atoms with Crippen LogP contribution in [0, 0.1) is 0 Å². The van der Waals surface area contributed by atoms with E-state index in [1.807, 2.05) is 47.9 Å². The molecule has 0 fully saturated rings. The molecule has 1 amide bonds. The van der Waals surface area contributed by atoms with Gasteiger partial charge in [-0.25, -0.2) is 9.97 Å². The molecule has 142 valence electrons. The summed E-state index contributed by atoms with van der Waals surface area (Å²) in [5.74, 6) is 0.503. The third-order valence-electron chi connectivity index (χ3n) is 4.69. The number of fused-ring (bicyclic) bond motifs is 1. The fraction of sp³-hybridized carbons (Fsp3) is 0.200. The molecule has 0 saturated heterocycles. The highest BCUT2D eigenvalue weighted by molar-refractivity contribution is 5.94. The fourth-order valence-corrected chi connectivity index (χ4v) is 3.19. The Kier molecular flexibility index (Phi) is 4.52. The summed E-state index contributed by atoms with van der Waals surface area (Å²) in [5, 5.41) is 10.6. The standard InChI is InChI=1S/C20H21N7O/c1-13(14-7-5-4-6-8-14)24-20(28)16-11-15(25-26(16)3)17-12-23-19-18(21-2)22-9-10-27(17)19/h4-13H,1-3H3,(H,21,22)(H,24,28). The number of anilines is 1. The maximum atomic E-state index is 12.8. The van der Waals surface area contributed by atoms with Gasteiger partial charge in [0.15, 0.2) is 11.5 Å². The molecule has 0 aliphatic rings. The molecule has 3 heterocycles. The number of hydrogen-bond donors (Lipinski definition) is 2. The lowest BCUT2D eigenvalue weighted by molar-refractivity contribution is 0.0930. The van der Waals surface area contributed by atoms with Gasteiger partial charge in [-0.05, 0) is 18.6 Å². The van der Waals surface area contributed by atoms with Crippen LogP contribution in [0.2, 0.25) is 0 Å². The van der Waals surface area contributed by atoms with E-state index in [0.29, 0.717) is 22.9 Å². The van der Waals surface area contributed by atoms with Gasteiger partial charge in [0.25, 0.3) is 5.91 Å². The number of rotatable bonds is 5. The van der Waals surface area contributed by atoms with Crippen LogP contribution < -0.4 is 10.6 Å². The predicted octanol–water partition coefficient (Wildman–Crippen LogP) is 2.66. The summed E-state index contributed by atoms with van der Waals surface area (Å²) in [5.41, 5.74) is 3.69. The molecule has 1 unspecified atom stereocenters. The number of carbonyl (C=O) groups is 1. The minimum absolute atomic E-state index is 0.105. The molecule has 0 saturated carbocycles. The molecule has 0 spiro atoms. The zero-order valence-corrected chi connectivity index (χ0v) is 15.9. The van der Waals surface area contributed by atoms with Gasteiger partial charge in [0, 0.05) is 26.5 Å². The van der Waals surface area contributed by atoms with E-state index in [4.69, 9.17) is 0 Å². The summed E-state index contributed by atoms with van der Waals surface area (Å²) in [7, 11) is 3.56. The topological polar surface area (TPSA) is 89.1 Å². The fourth-order valence-electron chi connectivity index (χ4n) is 3.19. The summed E-state index contributed by atoms with van der Waals surface area (Å²) >= 11 is 0. The van der Waals surface area contributed by atoms with Gasteiger partial charge in [0.1, 0.15) is 11.4 Å². The van der Waals surface area contributed by atoms with Gasteiger partial charge in [-0.1, -0.05) is 30.3 Å². The van der Waals surface area contributed by atoms with Crippen molar-refractivity contribution in [3.63, 3.8) is 0 Å². The number of aromatic nitrogens is 5. The highest BCUT2D eigenvalue weighted by Crippen LogP contribution is 2.23. The van der Waals surface area contributed by atoms with E-state index in [0.717, 1.165) is 11.3 Å². The second-order valence-corrected chi connectivity index (χ2v) is 6.51. The van der Waals surface area contributed by atoms with E-state index in [-0.39, 0.29) is 11.9 Å². The Labute approximate surface area is 162 Å². The third-order valence-corrected chi connectivity index (χ3v) is 4.69. The number of hydrogen-bond acceptors (Lipinski definition) is 5. The number of carbonyl (C=O) groups excluding carboxylic acids is 1. The molecule has 2 N–H and O–H groups in total. The lowest BCUT2D eigenvalue weighted by Crippen LogP contribution is -2.28. The van der Waals surface area contributed by atoms with Crippen molar-refractivity contribution in [2.45, 2.75) is 13.0 Å². The van der Waals surface area contributed by atoms with Crippen molar-refractivity contribution >= 4 is 17.4 Å². The number of nitrogens with zero attached hydrogens (tertiary/aromatic N) is 5. The van der Waals surface area contributed by atoms with Crippen molar-refractivity contribution in [1.82, 2.24) is 29.5 Å². The lowest BCUT2D eigenvalue weighted by Gasteiger charge is -2.14. The Morgan fingerprint density at radius 1 is 1.18 bits per heavy atom. The number of imidazole rings is 1. The van der Waals surface area contributed by atoms with E-state index < -0.39 is 0 Å². The number of benzene rings is 1. The van der Waals surface area contributed by atoms with Crippen LogP contribution in [-0.4, -0.2) is 37.1 Å². The molecule has 8 nitrogen and oxygen atoms in total. The van der Waals surface area contributed by atoms with Gasteiger partial charge in [0.2, 0.25) is 0 Å². The maximum Gasteiger partial charge on any atom is 0.270 e. The summed E-state index contributed by atoms with van der Waals surface area (Å²) in [6.07, 6.45) is 5.25. The molecule has 1 atom stereocenters. The summed E-state index contributed by atoms with van der Waals surface area (Å²) < 4.78 is 3.48. The highest BCUT2D eigenvalue weighted by Gasteiger charge is 2.19. The van der Waals surface area contributed by atoms with Gasteiger partial charge in [-0.2, -0.15) is 5.10 Å². The molecule has 8 heteroatoms. The van der Waals surface area contributed by atoms with Crippen LogP contribution in [0.4, 0.5) is 5.82 Å². The Morgan fingerprint density at radius 2 is 1.96 bits per heavy atom.